The summed E-state index contributed by atoms with van der Waals surface area (Å²) < 4.78 is 28.8. The second-order valence-electron chi connectivity index (χ2n) is 6.12. The monoisotopic (exact) mass is 510 g/mol. The van der Waals surface area contributed by atoms with Gasteiger partial charge in [-0.2, -0.15) is 0 Å². The molecule has 0 aliphatic carbocycles. The van der Waals surface area contributed by atoms with Crippen LogP contribution in [0, 0.1) is 0 Å². The van der Waals surface area contributed by atoms with Crippen LogP contribution in [0.5, 0.6) is 5.75 Å². The van der Waals surface area contributed by atoms with Gasteiger partial charge in [-0.25, -0.2) is 8.42 Å². The summed E-state index contributed by atoms with van der Waals surface area (Å²) in [4.78, 5) is 9.01. The van der Waals surface area contributed by atoms with E-state index in [1.807, 2.05) is 25.1 Å². The number of ether oxygens (including phenoxy) is 1. The van der Waals surface area contributed by atoms with Gasteiger partial charge in [0.1, 0.15) is 5.75 Å². The quantitative estimate of drug-likeness (QED) is 0.343. The number of halogens is 1. The lowest BCUT2D eigenvalue weighted by Crippen LogP contribution is -2.52. The number of sulfone groups is 1. The molecule has 154 valence electrons. The largest absolute Gasteiger partial charge is 0.495 e. The summed E-state index contributed by atoms with van der Waals surface area (Å²) >= 11 is 0. The van der Waals surface area contributed by atoms with Crippen molar-refractivity contribution in [3.63, 3.8) is 0 Å². The molecule has 27 heavy (non-hydrogen) atoms. The van der Waals surface area contributed by atoms with E-state index in [-0.39, 0.29) is 35.5 Å². The molecule has 0 bridgehead atoms. The summed E-state index contributed by atoms with van der Waals surface area (Å²) in [7, 11) is -1.30. The Morgan fingerprint density at radius 1 is 1.19 bits per heavy atom. The predicted octanol–water partition coefficient (Wildman–Crippen LogP) is 1.84. The number of nitrogens with one attached hydrogen (secondary N) is 1. The van der Waals surface area contributed by atoms with Gasteiger partial charge in [0.2, 0.25) is 0 Å². The van der Waals surface area contributed by atoms with E-state index in [2.05, 4.69) is 26.2 Å². The van der Waals surface area contributed by atoms with Crippen molar-refractivity contribution in [3.05, 3.63) is 24.3 Å². The fraction of sp³-hybridized carbons (Fsp3) is 0.611. The van der Waals surface area contributed by atoms with Crippen molar-refractivity contribution < 1.29 is 13.2 Å². The highest BCUT2D eigenvalue weighted by Crippen LogP contribution is 2.28. The Labute approximate surface area is 180 Å². The molecular weight excluding hydrogens is 479 g/mol. The number of hydrogen-bond acceptors (Lipinski definition) is 5. The summed E-state index contributed by atoms with van der Waals surface area (Å²) in [6, 6.07) is 8.04. The fourth-order valence-corrected chi connectivity index (χ4v) is 3.57. The number of benzene rings is 1. The number of nitrogens with zero attached hydrogens (tertiary/aromatic N) is 3. The van der Waals surface area contributed by atoms with Crippen LogP contribution in [0.15, 0.2) is 29.3 Å². The number of piperazine rings is 1. The number of aliphatic imine (C=N–C) groups is 1. The third-order valence-corrected chi connectivity index (χ3v) is 6.13. The molecule has 1 aromatic carbocycles. The molecule has 1 aliphatic rings. The summed E-state index contributed by atoms with van der Waals surface area (Å²) in [5.41, 5.74) is 1.10. The molecule has 0 amide bonds. The summed E-state index contributed by atoms with van der Waals surface area (Å²) in [5, 5.41) is 3.27. The van der Waals surface area contributed by atoms with Crippen molar-refractivity contribution in [1.29, 1.82) is 0 Å². The average Bonchev–Trinajstić information content (AvgIpc) is 2.67. The standard InChI is InChI=1S/C18H30N4O3S.HI/c1-4-19-18(20-10-15-26(23,24)5-2)22-13-11-21(12-14-22)16-8-6-7-9-17(16)25-3;/h6-9H,4-5,10-15H2,1-3H3,(H,19,20);1H. The van der Waals surface area contributed by atoms with E-state index in [0.717, 1.165) is 50.1 Å². The highest BCUT2D eigenvalue weighted by atomic mass is 127. The third-order valence-electron chi connectivity index (χ3n) is 4.44. The first-order chi connectivity index (χ1) is 12.5. The van der Waals surface area contributed by atoms with Crippen molar-refractivity contribution in [1.82, 2.24) is 10.2 Å². The van der Waals surface area contributed by atoms with Gasteiger partial charge in [0.05, 0.1) is 25.1 Å². The van der Waals surface area contributed by atoms with Crippen molar-refractivity contribution in [2.45, 2.75) is 13.8 Å². The van der Waals surface area contributed by atoms with Gasteiger partial charge in [-0.3, -0.25) is 4.99 Å². The smallest absolute Gasteiger partial charge is 0.194 e. The second kappa shape index (κ2) is 11.6. The van der Waals surface area contributed by atoms with E-state index in [0.29, 0.717) is 6.54 Å². The topological polar surface area (TPSA) is 74.2 Å². The first-order valence-corrected chi connectivity index (χ1v) is 10.9. The van der Waals surface area contributed by atoms with Gasteiger partial charge in [-0.1, -0.05) is 19.1 Å². The van der Waals surface area contributed by atoms with Crippen molar-refractivity contribution in [2.75, 3.05) is 62.8 Å². The van der Waals surface area contributed by atoms with E-state index in [1.54, 1.807) is 14.0 Å². The van der Waals surface area contributed by atoms with Crippen LogP contribution in [0.4, 0.5) is 5.69 Å². The number of rotatable bonds is 7. The summed E-state index contributed by atoms with van der Waals surface area (Å²) in [6.07, 6.45) is 0. The number of para-hydroxylation sites is 2. The molecule has 1 aromatic rings. The Kier molecular flexibility index (Phi) is 10.2. The van der Waals surface area contributed by atoms with Gasteiger partial charge in [-0.15, -0.1) is 24.0 Å². The summed E-state index contributed by atoms with van der Waals surface area (Å²) in [6.45, 7) is 8.10. The van der Waals surface area contributed by atoms with Crippen LogP contribution in [-0.2, 0) is 9.84 Å². The Morgan fingerprint density at radius 3 is 2.44 bits per heavy atom. The van der Waals surface area contributed by atoms with Crippen LogP contribution in [0.1, 0.15) is 13.8 Å². The van der Waals surface area contributed by atoms with Gasteiger partial charge in [0.25, 0.3) is 0 Å². The minimum Gasteiger partial charge on any atom is -0.495 e. The van der Waals surface area contributed by atoms with Crippen LogP contribution in [-0.4, -0.2) is 77.2 Å². The van der Waals surface area contributed by atoms with Crippen LogP contribution in [0.25, 0.3) is 0 Å². The predicted molar refractivity (Wildman–Crippen MR) is 123 cm³/mol. The Hall–Kier alpha value is -1.23. The molecule has 0 aromatic heterocycles. The van der Waals surface area contributed by atoms with E-state index >= 15 is 0 Å². The zero-order chi connectivity index (χ0) is 19.0. The molecule has 0 atom stereocenters. The first-order valence-electron chi connectivity index (χ1n) is 9.12. The van der Waals surface area contributed by atoms with Gasteiger partial charge in [0.15, 0.2) is 15.8 Å². The maximum absolute atomic E-state index is 11.7. The van der Waals surface area contributed by atoms with Gasteiger partial charge in [-0.05, 0) is 19.1 Å². The van der Waals surface area contributed by atoms with E-state index in [4.69, 9.17) is 4.74 Å². The molecule has 2 rings (SSSR count). The maximum Gasteiger partial charge on any atom is 0.194 e. The first kappa shape index (κ1) is 23.8. The Bertz CT molecular complexity index is 704. The van der Waals surface area contributed by atoms with Crippen molar-refractivity contribution >= 4 is 45.5 Å². The lowest BCUT2D eigenvalue weighted by atomic mass is 10.2. The molecule has 1 aliphatic heterocycles. The fourth-order valence-electron chi connectivity index (χ4n) is 2.91. The molecule has 0 radical (unpaired) electrons. The Morgan fingerprint density at radius 2 is 1.85 bits per heavy atom. The molecular formula is C18H31IN4O3S. The molecule has 1 fully saturated rings. The molecule has 1 saturated heterocycles. The SMILES string of the molecule is CCNC(=NCCS(=O)(=O)CC)N1CCN(c2ccccc2OC)CC1.I. The average molecular weight is 510 g/mol. The summed E-state index contributed by atoms with van der Waals surface area (Å²) in [5.74, 6) is 1.93. The number of guanidine groups is 1. The van der Waals surface area contributed by atoms with Crippen molar-refractivity contribution in [2.24, 2.45) is 4.99 Å². The highest BCUT2D eigenvalue weighted by Gasteiger charge is 2.21. The molecule has 0 unspecified atom stereocenters. The molecule has 7 nitrogen and oxygen atoms in total. The van der Waals surface area contributed by atoms with Gasteiger partial charge >= 0.3 is 0 Å². The molecule has 1 N–H and O–H groups in total. The van der Waals surface area contributed by atoms with Crippen LogP contribution in [0.2, 0.25) is 0 Å². The van der Waals surface area contributed by atoms with Gasteiger partial charge < -0.3 is 19.9 Å². The highest BCUT2D eigenvalue weighted by molar-refractivity contribution is 14.0. The zero-order valence-corrected chi connectivity index (χ0v) is 19.5. The number of anilines is 1. The molecule has 0 spiro atoms. The lowest BCUT2D eigenvalue weighted by Gasteiger charge is -2.38. The van der Waals surface area contributed by atoms with E-state index in [1.165, 1.54) is 0 Å². The zero-order valence-electron chi connectivity index (χ0n) is 16.3. The van der Waals surface area contributed by atoms with Crippen molar-refractivity contribution in [3.8, 4) is 5.75 Å². The van der Waals surface area contributed by atoms with Crippen LogP contribution < -0.4 is 15.0 Å². The van der Waals surface area contributed by atoms with E-state index in [9.17, 15) is 8.42 Å². The molecule has 1 heterocycles. The van der Waals surface area contributed by atoms with E-state index < -0.39 is 9.84 Å². The molecule has 0 saturated carbocycles. The second-order valence-corrected chi connectivity index (χ2v) is 8.59. The van der Waals surface area contributed by atoms with Gasteiger partial charge in [0, 0.05) is 38.5 Å². The number of methoxy groups -OCH3 is 1. The third kappa shape index (κ3) is 7.02. The maximum atomic E-state index is 11.7. The number of hydrogen-bond donors (Lipinski definition) is 1. The normalized spacial score (nSPS) is 15.3. The Balaban J connectivity index is 0.00000364. The minimum atomic E-state index is -2.99. The van der Waals surface area contributed by atoms with Crippen LogP contribution in [0.3, 0.4) is 0 Å². The minimum absolute atomic E-state index is 0. The lowest BCUT2D eigenvalue weighted by molar-refractivity contribution is 0.367. The van der Waals surface area contributed by atoms with Crippen LogP contribution >= 0.6 is 24.0 Å². The molecule has 9 heteroatoms.